The Hall–Kier alpha value is -2.20. The highest BCUT2D eigenvalue weighted by molar-refractivity contribution is 5.84. The van der Waals surface area contributed by atoms with Crippen molar-refractivity contribution in [1.82, 2.24) is 15.2 Å². The van der Waals surface area contributed by atoms with Gasteiger partial charge in [0.25, 0.3) is 0 Å². The van der Waals surface area contributed by atoms with Crippen LogP contribution in [0.2, 0.25) is 0 Å². The van der Waals surface area contributed by atoms with E-state index in [1.54, 1.807) is 6.20 Å². The first-order chi connectivity index (χ1) is 11.4. The predicted molar refractivity (Wildman–Crippen MR) is 97.9 cm³/mol. The van der Waals surface area contributed by atoms with Gasteiger partial charge in [0, 0.05) is 30.4 Å². The van der Waals surface area contributed by atoms with Crippen LogP contribution in [0.3, 0.4) is 0 Å². The molecule has 0 fully saturated rings. The lowest BCUT2D eigenvalue weighted by Crippen LogP contribution is -2.49. The van der Waals surface area contributed by atoms with Gasteiger partial charge in [-0.2, -0.15) is 0 Å². The molecule has 0 saturated carbocycles. The molecule has 0 bridgehead atoms. The van der Waals surface area contributed by atoms with Gasteiger partial charge < -0.3 is 10.2 Å². The second-order valence-corrected chi connectivity index (χ2v) is 6.91. The van der Waals surface area contributed by atoms with E-state index >= 15 is 0 Å². The minimum absolute atomic E-state index is 0.0433. The molecule has 1 aromatic carbocycles. The van der Waals surface area contributed by atoms with E-state index in [1.807, 2.05) is 62.6 Å². The average molecular weight is 325 g/mol. The van der Waals surface area contributed by atoms with E-state index < -0.39 is 0 Å². The first kappa shape index (κ1) is 18.1. The molecule has 1 amide bonds. The van der Waals surface area contributed by atoms with Crippen LogP contribution in [0, 0.1) is 0 Å². The second kappa shape index (κ2) is 8.06. The zero-order valence-corrected chi connectivity index (χ0v) is 15.0. The second-order valence-electron chi connectivity index (χ2n) is 6.91. The van der Waals surface area contributed by atoms with Crippen molar-refractivity contribution in [1.29, 1.82) is 0 Å². The maximum atomic E-state index is 12.9. The van der Waals surface area contributed by atoms with Crippen molar-refractivity contribution in [2.45, 2.75) is 31.7 Å². The third-order valence-electron chi connectivity index (χ3n) is 4.56. The Balaban J connectivity index is 2.15. The Morgan fingerprint density at radius 1 is 1.12 bits per heavy atom. The van der Waals surface area contributed by atoms with Gasteiger partial charge in [-0.15, -0.1) is 0 Å². The molecule has 1 unspecified atom stereocenters. The van der Waals surface area contributed by atoms with E-state index in [-0.39, 0.29) is 17.4 Å². The molecule has 4 nitrogen and oxygen atoms in total. The van der Waals surface area contributed by atoms with Crippen LogP contribution >= 0.6 is 0 Å². The highest BCUT2D eigenvalue weighted by Gasteiger charge is 2.25. The predicted octanol–water partition coefficient (Wildman–Crippen LogP) is 2.86. The summed E-state index contributed by atoms with van der Waals surface area (Å²) in [6.45, 7) is 4.83. The minimum atomic E-state index is -0.237. The van der Waals surface area contributed by atoms with Crippen LogP contribution in [-0.4, -0.2) is 42.0 Å². The molecular weight excluding hydrogens is 298 g/mol. The summed E-state index contributed by atoms with van der Waals surface area (Å²) in [6.07, 6.45) is 2.36. The molecule has 2 rings (SSSR count). The molecule has 1 N–H and O–H groups in total. The summed E-state index contributed by atoms with van der Waals surface area (Å²) in [5.74, 6) is -0.194. The molecule has 0 radical (unpaired) electrons. The van der Waals surface area contributed by atoms with Gasteiger partial charge in [0.15, 0.2) is 0 Å². The third kappa shape index (κ3) is 4.90. The topological polar surface area (TPSA) is 45.2 Å². The molecule has 1 aromatic heterocycles. The molecule has 0 aliphatic carbocycles. The number of hydrogen-bond acceptors (Lipinski definition) is 3. The summed E-state index contributed by atoms with van der Waals surface area (Å²) in [5, 5.41) is 3.11. The number of amides is 1. The first-order valence-corrected chi connectivity index (χ1v) is 8.30. The van der Waals surface area contributed by atoms with Gasteiger partial charge in [-0.1, -0.05) is 36.4 Å². The summed E-state index contributed by atoms with van der Waals surface area (Å²) in [4.78, 5) is 19.3. The fourth-order valence-electron chi connectivity index (χ4n) is 2.36. The van der Waals surface area contributed by atoms with Gasteiger partial charge in [0.1, 0.15) is 0 Å². The molecule has 0 saturated heterocycles. The molecule has 0 aliphatic rings. The number of carbonyl (C=O) groups excluding carboxylic acids is 1. The highest BCUT2D eigenvalue weighted by Crippen LogP contribution is 2.21. The lowest BCUT2D eigenvalue weighted by molar-refractivity contribution is -0.123. The van der Waals surface area contributed by atoms with E-state index in [2.05, 4.69) is 29.0 Å². The summed E-state index contributed by atoms with van der Waals surface area (Å²) in [6, 6.07) is 15.7. The number of nitrogens with zero attached hydrogens (tertiary/aromatic N) is 2. The van der Waals surface area contributed by atoms with Crippen LogP contribution in [-0.2, 0) is 11.2 Å². The monoisotopic (exact) mass is 325 g/mol. The van der Waals surface area contributed by atoms with Gasteiger partial charge in [0.05, 0.1) is 5.92 Å². The van der Waals surface area contributed by atoms with Crippen molar-refractivity contribution >= 4 is 5.91 Å². The van der Waals surface area contributed by atoms with Crippen molar-refractivity contribution in [3.63, 3.8) is 0 Å². The molecule has 4 heteroatoms. The van der Waals surface area contributed by atoms with Gasteiger partial charge in [-0.25, -0.2) is 0 Å². The van der Waals surface area contributed by atoms with Crippen LogP contribution in [0.15, 0.2) is 54.7 Å². The van der Waals surface area contributed by atoms with Crippen LogP contribution in [0.1, 0.15) is 31.0 Å². The quantitative estimate of drug-likeness (QED) is 0.851. The summed E-state index contributed by atoms with van der Waals surface area (Å²) in [5.41, 5.74) is 1.85. The van der Waals surface area contributed by atoms with Crippen LogP contribution in [0.25, 0.3) is 0 Å². The maximum Gasteiger partial charge on any atom is 0.228 e. The average Bonchev–Trinajstić information content (AvgIpc) is 2.59. The maximum absolute atomic E-state index is 12.9. The third-order valence-corrected chi connectivity index (χ3v) is 4.56. The van der Waals surface area contributed by atoms with E-state index in [0.717, 1.165) is 11.3 Å². The Bertz CT molecular complexity index is 638. The number of benzene rings is 1. The standard InChI is InChI=1S/C20H27N3O/c1-20(2,23(3)4)15-22-19(24)18(16-10-6-5-7-11-16)14-17-12-8-9-13-21-17/h5-13,18H,14-15H2,1-4H3,(H,22,24). The number of likely N-dealkylation sites (N-methyl/N-ethyl adjacent to an activating group) is 1. The molecule has 24 heavy (non-hydrogen) atoms. The van der Waals surface area contributed by atoms with E-state index in [4.69, 9.17) is 0 Å². The number of carbonyl (C=O) groups is 1. The first-order valence-electron chi connectivity index (χ1n) is 8.30. The van der Waals surface area contributed by atoms with Gasteiger partial charge in [-0.05, 0) is 45.6 Å². The fourth-order valence-corrected chi connectivity index (χ4v) is 2.36. The van der Waals surface area contributed by atoms with Crippen molar-refractivity contribution in [3.05, 3.63) is 66.0 Å². The Morgan fingerprint density at radius 3 is 2.38 bits per heavy atom. The van der Waals surface area contributed by atoms with Gasteiger partial charge in [0.2, 0.25) is 5.91 Å². The van der Waals surface area contributed by atoms with Gasteiger partial charge in [-0.3, -0.25) is 9.78 Å². The lowest BCUT2D eigenvalue weighted by atomic mass is 9.92. The number of nitrogens with one attached hydrogen (secondary N) is 1. The largest absolute Gasteiger partial charge is 0.354 e. The van der Waals surface area contributed by atoms with E-state index in [9.17, 15) is 4.79 Å². The fraction of sp³-hybridized carbons (Fsp3) is 0.400. The van der Waals surface area contributed by atoms with E-state index in [1.165, 1.54) is 0 Å². The zero-order chi connectivity index (χ0) is 17.6. The Labute approximate surface area is 144 Å². The van der Waals surface area contributed by atoms with Crippen molar-refractivity contribution in [2.75, 3.05) is 20.6 Å². The molecule has 0 spiro atoms. The SMILES string of the molecule is CN(C)C(C)(C)CNC(=O)C(Cc1ccccn1)c1ccccc1. The molecule has 1 heterocycles. The van der Waals surface area contributed by atoms with Crippen molar-refractivity contribution in [2.24, 2.45) is 0 Å². The Morgan fingerprint density at radius 2 is 1.79 bits per heavy atom. The smallest absolute Gasteiger partial charge is 0.228 e. The van der Waals surface area contributed by atoms with Crippen LogP contribution in [0.5, 0.6) is 0 Å². The number of hydrogen-bond donors (Lipinski definition) is 1. The summed E-state index contributed by atoms with van der Waals surface area (Å²) in [7, 11) is 4.05. The molecule has 2 aromatic rings. The molecule has 0 aliphatic heterocycles. The van der Waals surface area contributed by atoms with Crippen LogP contribution < -0.4 is 5.32 Å². The van der Waals surface area contributed by atoms with Crippen molar-refractivity contribution in [3.8, 4) is 0 Å². The van der Waals surface area contributed by atoms with Crippen molar-refractivity contribution < 1.29 is 4.79 Å². The van der Waals surface area contributed by atoms with E-state index in [0.29, 0.717) is 13.0 Å². The Kier molecular flexibility index (Phi) is 6.10. The van der Waals surface area contributed by atoms with Crippen LogP contribution in [0.4, 0.5) is 0 Å². The normalized spacial score (nSPS) is 12.9. The lowest BCUT2D eigenvalue weighted by Gasteiger charge is -2.33. The number of aromatic nitrogens is 1. The number of pyridine rings is 1. The highest BCUT2D eigenvalue weighted by atomic mass is 16.1. The zero-order valence-electron chi connectivity index (χ0n) is 15.0. The summed E-state index contributed by atoms with van der Waals surface area (Å²) < 4.78 is 0. The minimum Gasteiger partial charge on any atom is -0.354 e. The van der Waals surface area contributed by atoms with Gasteiger partial charge >= 0.3 is 0 Å². The molecule has 1 atom stereocenters. The summed E-state index contributed by atoms with van der Waals surface area (Å²) >= 11 is 0. The molecular formula is C20H27N3O. The number of rotatable bonds is 7. The molecule has 128 valence electrons.